The first-order chi connectivity index (χ1) is 7.67. The third-order valence-corrected chi connectivity index (χ3v) is 3.30. The zero-order valence-electron chi connectivity index (χ0n) is 9.93. The van der Waals surface area contributed by atoms with Crippen LogP contribution in [0.15, 0.2) is 18.2 Å². The van der Waals surface area contributed by atoms with E-state index in [-0.39, 0.29) is 6.10 Å². The summed E-state index contributed by atoms with van der Waals surface area (Å²) in [7, 11) is 3.31. The molecule has 1 saturated carbocycles. The van der Waals surface area contributed by atoms with E-state index in [9.17, 15) is 5.11 Å². The fraction of sp³-hybridized carbons (Fsp3) is 0.538. The number of rotatable bonds is 4. The molecule has 0 amide bonds. The summed E-state index contributed by atoms with van der Waals surface area (Å²) in [5.41, 5.74) is 1.18. The summed E-state index contributed by atoms with van der Waals surface area (Å²) in [6, 6.07) is 5.87. The van der Waals surface area contributed by atoms with Gasteiger partial charge < -0.3 is 14.6 Å². The van der Waals surface area contributed by atoms with Gasteiger partial charge in [0.25, 0.3) is 0 Å². The third kappa shape index (κ3) is 2.00. The lowest BCUT2D eigenvalue weighted by Gasteiger charge is -2.10. The fourth-order valence-corrected chi connectivity index (χ4v) is 2.23. The van der Waals surface area contributed by atoms with Gasteiger partial charge in [-0.05, 0) is 36.8 Å². The van der Waals surface area contributed by atoms with Crippen LogP contribution in [0, 0.1) is 5.92 Å². The number of benzene rings is 1. The molecule has 0 aliphatic heterocycles. The fourth-order valence-electron chi connectivity index (χ4n) is 2.23. The molecule has 0 heterocycles. The minimum absolute atomic E-state index is 0.239. The maximum Gasteiger partial charge on any atom is 0.126 e. The van der Waals surface area contributed by atoms with Crippen molar-refractivity contribution in [2.75, 3.05) is 14.2 Å². The Labute approximate surface area is 96.0 Å². The number of methoxy groups -OCH3 is 2. The van der Waals surface area contributed by atoms with Gasteiger partial charge in [0.1, 0.15) is 11.5 Å². The predicted molar refractivity (Wildman–Crippen MR) is 62.1 cm³/mol. The van der Waals surface area contributed by atoms with E-state index >= 15 is 0 Å². The van der Waals surface area contributed by atoms with E-state index in [1.165, 1.54) is 5.56 Å². The summed E-state index contributed by atoms with van der Waals surface area (Å²) in [6.45, 7) is 1.85. The average molecular weight is 222 g/mol. The average Bonchev–Trinajstić information content (AvgIpc) is 3.08. The molecular weight excluding hydrogens is 204 g/mol. The molecule has 1 aromatic rings. The van der Waals surface area contributed by atoms with Crippen LogP contribution in [0.25, 0.3) is 0 Å². The summed E-state index contributed by atoms with van der Waals surface area (Å²) in [5.74, 6) is 2.46. The molecule has 1 aliphatic carbocycles. The van der Waals surface area contributed by atoms with Crippen LogP contribution < -0.4 is 9.47 Å². The molecule has 88 valence electrons. The van der Waals surface area contributed by atoms with Gasteiger partial charge in [-0.15, -0.1) is 0 Å². The maximum atomic E-state index is 9.52. The Balaban J connectivity index is 2.22. The highest BCUT2D eigenvalue weighted by Gasteiger charge is 2.42. The van der Waals surface area contributed by atoms with E-state index in [1.54, 1.807) is 14.2 Å². The predicted octanol–water partition coefficient (Wildman–Crippen LogP) is 2.19. The molecule has 1 aliphatic rings. The minimum Gasteiger partial charge on any atom is -0.497 e. The molecule has 3 atom stereocenters. The summed E-state index contributed by atoms with van der Waals surface area (Å²) < 4.78 is 10.5. The highest BCUT2D eigenvalue weighted by molar-refractivity contribution is 5.45. The van der Waals surface area contributed by atoms with Crippen LogP contribution in [0.5, 0.6) is 11.5 Å². The Kier molecular flexibility index (Phi) is 3.06. The molecule has 0 radical (unpaired) electrons. The standard InChI is InChI=1S/C13H18O3/c1-8(14)11-7-12(11)10-5-4-9(15-2)6-13(10)16-3/h4-6,8,11-12,14H,7H2,1-3H3/t8-,11-,12+/m0/s1. The van der Waals surface area contributed by atoms with Gasteiger partial charge in [-0.2, -0.15) is 0 Å². The lowest BCUT2D eigenvalue weighted by molar-refractivity contribution is 0.168. The van der Waals surface area contributed by atoms with Gasteiger partial charge in [-0.1, -0.05) is 6.07 Å². The summed E-state index contributed by atoms with van der Waals surface area (Å²) in [4.78, 5) is 0. The number of hydrogen-bond acceptors (Lipinski definition) is 3. The molecule has 0 bridgehead atoms. The molecule has 3 nitrogen and oxygen atoms in total. The Hall–Kier alpha value is -1.22. The van der Waals surface area contributed by atoms with Gasteiger partial charge in [0.05, 0.1) is 20.3 Å². The molecule has 0 unspecified atom stereocenters. The normalized spacial score (nSPS) is 25.0. The van der Waals surface area contributed by atoms with E-state index in [0.717, 1.165) is 17.9 Å². The second-order valence-electron chi connectivity index (χ2n) is 4.35. The lowest BCUT2D eigenvalue weighted by Crippen LogP contribution is -2.04. The van der Waals surface area contributed by atoms with Crippen molar-refractivity contribution in [3.63, 3.8) is 0 Å². The molecule has 0 saturated heterocycles. The van der Waals surface area contributed by atoms with E-state index in [1.807, 2.05) is 25.1 Å². The summed E-state index contributed by atoms with van der Waals surface area (Å²) in [5, 5.41) is 9.52. The first-order valence-corrected chi connectivity index (χ1v) is 5.57. The van der Waals surface area contributed by atoms with E-state index in [2.05, 4.69) is 0 Å². The molecule has 0 spiro atoms. The number of aliphatic hydroxyl groups excluding tert-OH is 1. The first kappa shape index (κ1) is 11.3. The SMILES string of the molecule is COc1ccc([C@H]2C[C@H]2[C@H](C)O)c(OC)c1. The van der Waals surface area contributed by atoms with Gasteiger partial charge in [0, 0.05) is 6.07 Å². The number of ether oxygens (including phenoxy) is 2. The Morgan fingerprint density at radius 3 is 2.56 bits per heavy atom. The van der Waals surface area contributed by atoms with Crippen LogP contribution >= 0.6 is 0 Å². The minimum atomic E-state index is -0.239. The van der Waals surface area contributed by atoms with Crippen molar-refractivity contribution in [1.29, 1.82) is 0 Å². The highest BCUT2D eigenvalue weighted by atomic mass is 16.5. The zero-order chi connectivity index (χ0) is 11.7. The van der Waals surface area contributed by atoms with Gasteiger partial charge in [-0.25, -0.2) is 0 Å². The van der Waals surface area contributed by atoms with Gasteiger partial charge in [0.2, 0.25) is 0 Å². The second kappa shape index (κ2) is 4.34. The van der Waals surface area contributed by atoms with Gasteiger partial charge in [-0.3, -0.25) is 0 Å². The van der Waals surface area contributed by atoms with Crippen molar-refractivity contribution in [2.45, 2.75) is 25.4 Å². The van der Waals surface area contributed by atoms with E-state index in [4.69, 9.17) is 9.47 Å². The van der Waals surface area contributed by atoms with E-state index < -0.39 is 0 Å². The highest BCUT2D eigenvalue weighted by Crippen LogP contribution is 2.52. The largest absolute Gasteiger partial charge is 0.497 e. The molecule has 1 fully saturated rings. The van der Waals surface area contributed by atoms with Crippen LogP contribution in [-0.4, -0.2) is 25.4 Å². The second-order valence-corrected chi connectivity index (χ2v) is 4.35. The first-order valence-electron chi connectivity index (χ1n) is 5.57. The van der Waals surface area contributed by atoms with E-state index in [0.29, 0.717) is 11.8 Å². The lowest BCUT2D eigenvalue weighted by atomic mass is 10.1. The summed E-state index contributed by atoms with van der Waals surface area (Å²) in [6.07, 6.45) is 0.803. The molecule has 3 heteroatoms. The quantitative estimate of drug-likeness (QED) is 0.848. The van der Waals surface area contributed by atoms with Crippen molar-refractivity contribution in [3.05, 3.63) is 23.8 Å². The molecule has 16 heavy (non-hydrogen) atoms. The molecule has 1 N–H and O–H groups in total. The Morgan fingerprint density at radius 2 is 2.06 bits per heavy atom. The molecule has 2 rings (SSSR count). The third-order valence-electron chi connectivity index (χ3n) is 3.30. The van der Waals surface area contributed by atoms with Crippen LogP contribution in [0.3, 0.4) is 0 Å². The molecular formula is C13H18O3. The van der Waals surface area contributed by atoms with Crippen molar-refractivity contribution in [1.82, 2.24) is 0 Å². The topological polar surface area (TPSA) is 38.7 Å². The maximum absolute atomic E-state index is 9.52. The molecule has 0 aromatic heterocycles. The molecule has 1 aromatic carbocycles. The van der Waals surface area contributed by atoms with Crippen LogP contribution in [0.4, 0.5) is 0 Å². The Morgan fingerprint density at radius 1 is 1.31 bits per heavy atom. The van der Waals surface area contributed by atoms with Crippen molar-refractivity contribution in [3.8, 4) is 11.5 Å². The van der Waals surface area contributed by atoms with Gasteiger partial charge in [0.15, 0.2) is 0 Å². The smallest absolute Gasteiger partial charge is 0.126 e. The van der Waals surface area contributed by atoms with Crippen molar-refractivity contribution >= 4 is 0 Å². The van der Waals surface area contributed by atoms with Gasteiger partial charge >= 0.3 is 0 Å². The number of hydrogen-bond donors (Lipinski definition) is 1. The Bertz CT molecular complexity index is 373. The van der Waals surface area contributed by atoms with Crippen molar-refractivity contribution in [2.24, 2.45) is 5.92 Å². The zero-order valence-corrected chi connectivity index (χ0v) is 9.93. The van der Waals surface area contributed by atoms with Crippen LogP contribution in [0.1, 0.15) is 24.8 Å². The number of aliphatic hydroxyl groups is 1. The monoisotopic (exact) mass is 222 g/mol. The summed E-state index contributed by atoms with van der Waals surface area (Å²) >= 11 is 0. The van der Waals surface area contributed by atoms with Crippen LogP contribution in [-0.2, 0) is 0 Å². The van der Waals surface area contributed by atoms with Crippen LogP contribution in [0.2, 0.25) is 0 Å². The van der Waals surface area contributed by atoms with Crippen molar-refractivity contribution < 1.29 is 14.6 Å².